The molecule has 0 saturated carbocycles. The number of carboxylic acid groups (broad SMARTS) is 1. The summed E-state index contributed by atoms with van der Waals surface area (Å²) in [7, 11) is 0. The number of aliphatic carboxylic acids is 1. The maximum absolute atomic E-state index is 13.4. The maximum atomic E-state index is 13.4. The standard InChI is InChI=1S/C22H21NO7/c1-8(24)11-4-5-12-10-3-6-13(25)18-17(10)20(23(11)12)19-16(22(18)29)9(2)30-14(21(19)28)7-15(26)27/h3,6,8-9,11,14,24-25H,4-5,7H2,1-2H3,(H,26,27)/t8-,9+,11+,14+/m1/s1. The Hall–Kier alpha value is -2.97. The normalized spacial score (nSPS) is 26.2. The molecule has 0 spiro atoms. The molecule has 0 bridgehead atoms. The van der Waals surface area contributed by atoms with Crippen molar-refractivity contribution in [3.8, 4) is 5.75 Å². The van der Waals surface area contributed by atoms with Crippen LogP contribution in [0.3, 0.4) is 0 Å². The van der Waals surface area contributed by atoms with Gasteiger partial charge in [0.1, 0.15) is 11.9 Å². The first-order valence-corrected chi connectivity index (χ1v) is 9.99. The number of phenolic OH excluding ortho intramolecular Hbond substituents is 1. The van der Waals surface area contributed by atoms with Crippen molar-refractivity contribution >= 4 is 33.9 Å². The van der Waals surface area contributed by atoms with Gasteiger partial charge in [-0.25, -0.2) is 0 Å². The van der Waals surface area contributed by atoms with Crippen LogP contribution in [0, 0.1) is 0 Å². The monoisotopic (exact) mass is 411 g/mol. The van der Waals surface area contributed by atoms with Gasteiger partial charge in [-0.1, -0.05) is 0 Å². The molecular formula is C22H21NO7. The Morgan fingerprint density at radius 2 is 2.07 bits per heavy atom. The summed E-state index contributed by atoms with van der Waals surface area (Å²) >= 11 is 0. The van der Waals surface area contributed by atoms with Gasteiger partial charge in [-0.05, 0) is 38.8 Å². The zero-order valence-corrected chi connectivity index (χ0v) is 16.5. The second kappa shape index (κ2) is 6.26. The number of hydrogen-bond acceptors (Lipinski definition) is 6. The summed E-state index contributed by atoms with van der Waals surface area (Å²) < 4.78 is 7.53. The quantitative estimate of drug-likeness (QED) is 0.705. The van der Waals surface area contributed by atoms with Gasteiger partial charge in [0.05, 0.1) is 41.5 Å². The van der Waals surface area contributed by atoms with Crippen LogP contribution >= 0.6 is 0 Å². The molecular weight excluding hydrogens is 390 g/mol. The van der Waals surface area contributed by atoms with Gasteiger partial charge in [0.2, 0.25) is 0 Å². The van der Waals surface area contributed by atoms with E-state index >= 15 is 0 Å². The van der Waals surface area contributed by atoms with E-state index in [2.05, 4.69) is 0 Å². The molecule has 5 rings (SSSR count). The lowest BCUT2D eigenvalue weighted by Crippen LogP contribution is -2.41. The number of carbonyl (C=O) groups is 3. The lowest BCUT2D eigenvalue weighted by atomic mass is 9.79. The average molecular weight is 411 g/mol. The summed E-state index contributed by atoms with van der Waals surface area (Å²) in [5.74, 6) is -2.37. The lowest BCUT2D eigenvalue weighted by molar-refractivity contribution is -0.145. The van der Waals surface area contributed by atoms with E-state index in [0.717, 1.165) is 11.1 Å². The number of aliphatic hydroxyl groups is 1. The number of aliphatic hydroxyl groups excluding tert-OH is 1. The zero-order valence-electron chi connectivity index (χ0n) is 16.5. The summed E-state index contributed by atoms with van der Waals surface area (Å²) in [5, 5.41) is 31.4. The summed E-state index contributed by atoms with van der Waals surface area (Å²) in [5.41, 5.74) is 1.81. The van der Waals surface area contributed by atoms with Crippen LogP contribution in [0.5, 0.6) is 5.75 Å². The number of aryl methyl sites for hydroxylation is 1. The minimum absolute atomic E-state index is 0.132. The number of aromatic nitrogens is 1. The van der Waals surface area contributed by atoms with Gasteiger partial charge in [0, 0.05) is 22.0 Å². The van der Waals surface area contributed by atoms with Gasteiger partial charge in [0.25, 0.3) is 0 Å². The van der Waals surface area contributed by atoms with Crippen LogP contribution in [-0.2, 0) is 20.7 Å². The topological polar surface area (TPSA) is 126 Å². The Kier molecular flexibility index (Phi) is 3.97. The van der Waals surface area contributed by atoms with Crippen molar-refractivity contribution in [1.82, 2.24) is 4.57 Å². The van der Waals surface area contributed by atoms with E-state index in [9.17, 15) is 29.7 Å². The molecule has 0 amide bonds. The summed E-state index contributed by atoms with van der Waals surface area (Å²) in [6, 6.07) is 2.92. The van der Waals surface area contributed by atoms with Gasteiger partial charge < -0.3 is 24.6 Å². The molecule has 30 heavy (non-hydrogen) atoms. The fraction of sp³-hybridized carbons (Fsp3) is 0.409. The number of benzene rings is 1. The van der Waals surface area contributed by atoms with E-state index in [0.29, 0.717) is 23.9 Å². The van der Waals surface area contributed by atoms with Gasteiger partial charge >= 0.3 is 5.97 Å². The number of Topliss-reactive ketones (excluding diaryl/α,β-unsaturated/α-hetero) is 2. The number of nitrogens with zero attached hydrogens (tertiary/aromatic N) is 1. The second-order valence-corrected chi connectivity index (χ2v) is 8.24. The van der Waals surface area contributed by atoms with Crippen LogP contribution in [0.4, 0.5) is 0 Å². The maximum Gasteiger partial charge on any atom is 0.306 e. The van der Waals surface area contributed by atoms with Crippen molar-refractivity contribution in [2.75, 3.05) is 0 Å². The SMILES string of the molecule is C[C@@H]1O[C@@H](CC(=O)O)C(=O)C2=C1C(=O)c1c(O)ccc3c4n(c2c13)[C@H]([C@@H](C)O)CC4. The predicted molar refractivity (Wildman–Crippen MR) is 105 cm³/mol. The van der Waals surface area contributed by atoms with Crippen molar-refractivity contribution in [2.24, 2.45) is 0 Å². The second-order valence-electron chi connectivity index (χ2n) is 8.24. The molecule has 4 atom stereocenters. The largest absolute Gasteiger partial charge is 0.507 e. The molecule has 8 heteroatoms. The third-order valence-corrected chi connectivity index (χ3v) is 6.48. The Labute approximate surface area is 171 Å². The van der Waals surface area contributed by atoms with Crippen molar-refractivity contribution in [3.05, 3.63) is 34.7 Å². The van der Waals surface area contributed by atoms with Crippen molar-refractivity contribution < 1.29 is 34.4 Å². The third kappa shape index (κ3) is 2.31. The molecule has 156 valence electrons. The molecule has 3 N–H and O–H groups in total. The molecule has 0 unspecified atom stereocenters. The molecule has 2 aliphatic heterocycles. The van der Waals surface area contributed by atoms with Crippen LogP contribution in [0.25, 0.3) is 16.3 Å². The smallest absolute Gasteiger partial charge is 0.306 e. The third-order valence-electron chi connectivity index (χ3n) is 6.48. The highest BCUT2D eigenvalue weighted by atomic mass is 16.5. The number of rotatable bonds is 3. The first-order valence-electron chi connectivity index (χ1n) is 9.99. The predicted octanol–water partition coefficient (Wildman–Crippen LogP) is 2.00. The van der Waals surface area contributed by atoms with Crippen molar-refractivity contribution in [2.45, 2.75) is 57.5 Å². The minimum atomic E-state index is -1.20. The number of carbonyl (C=O) groups excluding carboxylic acids is 2. The molecule has 1 aliphatic carbocycles. The van der Waals surface area contributed by atoms with Crippen LogP contribution in [-0.4, -0.2) is 55.7 Å². The molecule has 1 aromatic heterocycles. The molecule has 1 aromatic carbocycles. The van der Waals surface area contributed by atoms with E-state index in [1.807, 2.05) is 4.57 Å². The van der Waals surface area contributed by atoms with E-state index < -0.39 is 42.3 Å². The molecule has 0 radical (unpaired) electrons. The molecule has 8 nitrogen and oxygen atoms in total. The van der Waals surface area contributed by atoms with Crippen LogP contribution in [0.1, 0.15) is 54.5 Å². The molecule has 0 saturated heterocycles. The first kappa shape index (κ1) is 19.0. The lowest BCUT2D eigenvalue weighted by Gasteiger charge is -2.34. The van der Waals surface area contributed by atoms with E-state index in [1.54, 1.807) is 19.9 Å². The fourth-order valence-electron chi connectivity index (χ4n) is 5.28. The number of fused-ring (bicyclic) bond motifs is 4. The number of ether oxygens (including phenoxy) is 1. The van der Waals surface area contributed by atoms with Crippen molar-refractivity contribution in [1.29, 1.82) is 0 Å². The van der Waals surface area contributed by atoms with Gasteiger partial charge in [0.15, 0.2) is 11.6 Å². The van der Waals surface area contributed by atoms with E-state index in [-0.39, 0.29) is 28.5 Å². The van der Waals surface area contributed by atoms with Crippen molar-refractivity contribution in [3.63, 3.8) is 0 Å². The molecule has 3 heterocycles. The van der Waals surface area contributed by atoms with Gasteiger partial charge in [-0.15, -0.1) is 0 Å². The van der Waals surface area contributed by atoms with Crippen LogP contribution in [0.15, 0.2) is 17.7 Å². The number of ketones is 2. The minimum Gasteiger partial charge on any atom is -0.507 e. The number of hydrogen-bond donors (Lipinski definition) is 3. The highest BCUT2D eigenvalue weighted by Gasteiger charge is 2.47. The Balaban J connectivity index is 1.87. The number of carboxylic acids is 1. The summed E-state index contributed by atoms with van der Waals surface area (Å²) in [6.45, 7) is 3.29. The Morgan fingerprint density at radius 3 is 2.73 bits per heavy atom. The summed E-state index contributed by atoms with van der Waals surface area (Å²) in [4.78, 5) is 38.0. The zero-order chi connectivity index (χ0) is 21.5. The van der Waals surface area contributed by atoms with E-state index in [4.69, 9.17) is 4.74 Å². The number of phenols is 1. The number of aromatic hydroxyl groups is 1. The average Bonchev–Trinajstić information content (AvgIpc) is 3.22. The molecule has 0 fully saturated rings. The molecule has 2 aromatic rings. The Bertz CT molecular complexity index is 1190. The first-order chi connectivity index (χ1) is 14.2. The highest BCUT2D eigenvalue weighted by molar-refractivity contribution is 6.39. The molecule has 3 aliphatic rings. The Morgan fingerprint density at radius 1 is 1.33 bits per heavy atom. The summed E-state index contributed by atoms with van der Waals surface area (Å²) in [6.07, 6.45) is -1.86. The van der Waals surface area contributed by atoms with Crippen LogP contribution < -0.4 is 0 Å². The highest BCUT2D eigenvalue weighted by Crippen LogP contribution is 2.50. The van der Waals surface area contributed by atoms with Gasteiger partial charge in [-0.3, -0.25) is 14.4 Å². The fourth-order valence-corrected chi connectivity index (χ4v) is 5.28. The van der Waals surface area contributed by atoms with Gasteiger partial charge in [-0.2, -0.15) is 0 Å². The van der Waals surface area contributed by atoms with Crippen LogP contribution in [0.2, 0.25) is 0 Å². The van der Waals surface area contributed by atoms with E-state index in [1.165, 1.54) is 6.07 Å².